The van der Waals surface area contributed by atoms with Crippen LogP contribution in [0.25, 0.3) is 5.78 Å². The molecule has 3 N–H and O–H groups in total. The minimum atomic E-state index is -0.0599. The van der Waals surface area contributed by atoms with Crippen molar-refractivity contribution in [1.82, 2.24) is 19.6 Å². The summed E-state index contributed by atoms with van der Waals surface area (Å²) in [5.41, 5.74) is 9.11. The van der Waals surface area contributed by atoms with Crippen LogP contribution in [0.3, 0.4) is 0 Å². The van der Waals surface area contributed by atoms with Crippen LogP contribution in [0.5, 0.6) is 5.75 Å². The van der Waals surface area contributed by atoms with Crippen molar-refractivity contribution in [3.8, 4) is 5.75 Å². The van der Waals surface area contributed by atoms with E-state index in [0.717, 1.165) is 28.4 Å². The molecule has 0 unspecified atom stereocenters. The van der Waals surface area contributed by atoms with E-state index in [1.807, 2.05) is 38.1 Å². The third-order valence-corrected chi connectivity index (χ3v) is 4.25. The molecule has 2 heterocycles. The van der Waals surface area contributed by atoms with Gasteiger partial charge in [-0.05, 0) is 50.1 Å². The van der Waals surface area contributed by atoms with Gasteiger partial charge in [0.05, 0.1) is 13.7 Å². The Morgan fingerprint density at radius 2 is 1.96 bits per heavy atom. The average Bonchev–Trinajstić information content (AvgIpc) is 3.05. The maximum Gasteiger partial charge on any atom is 0.252 e. The van der Waals surface area contributed by atoms with E-state index in [-0.39, 0.29) is 12.5 Å². The van der Waals surface area contributed by atoms with Crippen LogP contribution in [-0.2, 0) is 17.8 Å². The molecule has 0 saturated carbocycles. The second-order valence-corrected chi connectivity index (χ2v) is 5.98. The number of nitrogens with one attached hydrogen (secondary N) is 1. The average molecular weight is 354 g/mol. The summed E-state index contributed by atoms with van der Waals surface area (Å²) in [6.45, 7) is 4.13. The van der Waals surface area contributed by atoms with E-state index in [9.17, 15) is 4.79 Å². The predicted molar refractivity (Wildman–Crippen MR) is 98.1 cm³/mol. The van der Waals surface area contributed by atoms with E-state index < -0.39 is 0 Å². The number of ether oxygens (including phenoxy) is 1. The van der Waals surface area contributed by atoms with Gasteiger partial charge in [0.15, 0.2) is 5.82 Å². The Kier molecular flexibility index (Phi) is 5.13. The first kappa shape index (κ1) is 17.8. The SMILES string of the molecule is COc1ccc(NC(=O)CCc2c(C)nc3nc(CN)nn3c2C)cc1. The highest BCUT2D eigenvalue weighted by atomic mass is 16.5. The van der Waals surface area contributed by atoms with Crippen LogP contribution in [0.4, 0.5) is 5.69 Å². The van der Waals surface area contributed by atoms with Crippen LogP contribution in [0.1, 0.15) is 29.2 Å². The number of amides is 1. The van der Waals surface area contributed by atoms with Gasteiger partial charge in [-0.1, -0.05) is 0 Å². The Bertz CT molecular complexity index is 933. The molecular weight excluding hydrogens is 332 g/mol. The molecule has 3 aromatic rings. The molecule has 0 radical (unpaired) electrons. The molecule has 0 aliphatic rings. The highest BCUT2D eigenvalue weighted by molar-refractivity contribution is 5.90. The molecule has 0 spiro atoms. The molecule has 8 heteroatoms. The fourth-order valence-electron chi connectivity index (χ4n) is 2.83. The molecule has 0 saturated heterocycles. The monoisotopic (exact) mass is 354 g/mol. The molecule has 1 amide bonds. The molecule has 2 aromatic heterocycles. The maximum absolute atomic E-state index is 12.3. The summed E-state index contributed by atoms with van der Waals surface area (Å²) in [6.07, 6.45) is 0.916. The van der Waals surface area contributed by atoms with E-state index in [0.29, 0.717) is 24.4 Å². The van der Waals surface area contributed by atoms with Crippen molar-refractivity contribution in [1.29, 1.82) is 0 Å². The Morgan fingerprint density at radius 1 is 1.23 bits per heavy atom. The van der Waals surface area contributed by atoms with Crippen molar-refractivity contribution >= 4 is 17.4 Å². The molecule has 8 nitrogen and oxygen atoms in total. The summed E-state index contributed by atoms with van der Waals surface area (Å²) < 4.78 is 6.80. The number of benzene rings is 1. The number of aromatic nitrogens is 4. The molecular formula is C18H22N6O2. The van der Waals surface area contributed by atoms with Gasteiger partial charge in [-0.3, -0.25) is 4.79 Å². The Balaban J connectivity index is 1.71. The van der Waals surface area contributed by atoms with Gasteiger partial charge in [-0.25, -0.2) is 9.50 Å². The number of hydrogen-bond acceptors (Lipinski definition) is 6. The maximum atomic E-state index is 12.3. The zero-order chi connectivity index (χ0) is 18.7. The van der Waals surface area contributed by atoms with Crippen molar-refractivity contribution in [3.05, 3.63) is 47.0 Å². The Labute approximate surface area is 151 Å². The largest absolute Gasteiger partial charge is 0.497 e. The van der Waals surface area contributed by atoms with Crippen LogP contribution in [0.2, 0.25) is 0 Å². The summed E-state index contributed by atoms with van der Waals surface area (Å²) in [6, 6.07) is 7.23. The quantitative estimate of drug-likeness (QED) is 0.699. The summed E-state index contributed by atoms with van der Waals surface area (Å²) in [5.74, 6) is 1.77. The van der Waals surface area contributed by atoms with Gasteiger partial charge >= 0.3 is 0 Å². The van der Waals surface area contributed by atoms with Gasteiger partial charge in [0.1, 0.15) is 5.75 Å². The molecule has 0 aliphatic carbocycles. The number of aryl methyl sites for hydroxylation is 2. The molecule has 136 valence electrons. The fourth-order valence-corrected chi connectivity index (χ4v) is 2.83. The lowest BCUT2D eigenvalue weighted by Gasteiger charge is -2.11. The highest BCUT2D eigenvalue weighted by Gasteiger charge is 2.14. The lowest BCUT2D eigenvalue weighted by Crippen LogP contribution is -2.14. The number of nitrogens with zero attached hydrogens (tertiary/aromatic N) is 4. The molecule has 0 fully saturated rings. The van der Waals surface area contributed by atoms with Gasteiger partial charge in [0.2, 0.25) is 5.91 Å². The zero-order valence-electron chi connectivity index (χ0n) is 15.1. The second-order valence-electron chi connectivity index (χ2n) is 5.98. The van der Waals surface area contributed by atoms with E-state index in [2.05, 4.69) is 20.4 Å². The third-order valence-electron chi connectivity index (χ3n) is 4.25. The van der Waals surface area contributed by atoms with Crippen molar-refractivity contribution in [2.75, 3.05) is 12.4 Å². The topological polar surface area (TPSA) is 107 Å². The number of nitrogens with two attached hydrogens (primary N) is 1. The third kappa shape index (κ3) is 3.65. The molecule has 0 bridgehead atoms. The smallest absolute Gasteiger partial charge is 0.252 e. The van der Waals surface area contributed by atoms with E-state index in [4.69, 9.17) is 10.5 Å². The molecule has 26 heavy (non-hydrogen) atoms. The van der Waals surface area contributed by atoms with Crippen molar-refractivity contribution < 1.29 is 9.53 Å². The fraction of sp³-hybridized carbons (Fsp3) is 0.333. The molecule has 0 atom stereocenters. The lowest BCUT2D eigenvalue weighted by atomic mass is 10.1. The van der Waals surface area contributed by atoms with Gasteiger partial charge in [-0.2, -0.15) is 4.98 Å². The van der Waals surface area contributed by atoms with Gasteiger partial charge in [0.25, 0.3) is 5.78 Å². The van der Waals surface area contributed by atoms with Crippen LogP contribution >= 0.6 is 0 Å². The normalized spacial score (nSPS) is 10.9. The number of fused-ring (bicyclic) bond motifs is 1. The highest BCUT2D eigenvalue weighted by Crippen LogP contribution is 2.18. The number of carbonyl (C=O) groups excluding carboxylic acids is 1. The number of methoxy groups -OCH3 is 1. The lowest BCUT2D eigenvalue weighted by molar-refractivity contribution is -0.116. The van der Waals surface area contributed by atoms with Crippen molar-refractivity contribution in [3.63, 3.8) is 0 Å². The van der Waals surface area contributed by atoms with Gasteiger partial charge in [0, 0.05) is 23.5 Å². The molecule has 0 aliphatic heterocycles. The second kappa shape index (κ2) is 7.49. The number of carbonyl (C=O) groups is 1. The number of anilines is 1. The van der Waals surface area contributed by atoms with E-state index in [1.54, 1.807) is 11.6 Å². The summed E-state index contributed by atoms with van der Waals surface area (Å²) in [5, 5.41) is 7.24. The summed E-state index contributed by atoms with van der Waals surface area (Å²) in [4.78, 5) is 21.0. The van der Waals surface area contributed by atoms with Crippen molar-refractivity contribution in [2.45, 2.75) is 33.2 Å². The first-order chi connectivity index (χ1) is 12.5. The van der Waals surface area contributed by atoms with Gasteiger partial charge < -0.3 is 15.8 Å². The first-order valence-electron chi connectivity index (χ1n) is 8.37. The summed E-state index contributed by atoms with van der Waals surface area (Å²) >= 11 is 0. The van der Waals surface area contributed by atoms with Crippen LogP contribution in [0.15, 0.2) is 24.3 Å². The predicted octanol–water partition coefficient (Wildman–Crippen LogP) is 1.78. The van der Waals surface area contributed by atoms with E-state index in [1.165, 1.54) is 0 Å². The minimum absolute atomic E-state index is 0.0599. The Hall–Kier alpha value is -3.00. The summed E-state index contributed by atoms with van der Waals surface area (Å²) in [7, 11) is 1.61. The minimum Gasteiger partial charge on any atom is -0.497 e. The molecule has 1 aromatic carbocycles. The van der Waals surface area contributed by atoms with Crippen LogP contribution in [-0.4, -0.2) is 32.6 Å². The van der Waals surface area contributed by atoms with Crippen LogP contribution in [0, 0.1) is 13.8 Å². The molecule has 3 rings (SSSR count). The first-order valence-corrected chi connectivity index (χ1v) is 8.37. The van der Waals surface area contributed by atoms with Crippen molar-refractivity contribution in [2.24, 2.45) is 5.73 Å². The van der Waals surface area contributed by atoms with Crippen LogP contribution < -0.4 is 15.8 Å². The standard InChI is InChI=1S/C18H22N6O2/c1-11-15(12(2)24-18(20-11)22-16(10-19)23-24)8-9-17(25)21-13-4-6-14(26-3)7-5-13/h4-7H,8-10,19H2,1-3H3,(H,21,25). The zero-order valence-corrected chi connectivity index (χ0v) is 15.1. The number of rotatable bonds is 6. The number of hydrogen-bond donors (Lipinski definition) is 2. The van der Waals surface area contributed by atoms with Gasteiger partial charge in [-0.15, -0.1) is 5.10 Å². The van der Waals surface area contributed by atoms with E-state index >= 15 is 0 Å². The Morgan fingerprint density at radius 3 is 2.62 bits per heavy atom.